The summed E-state index contributed by atoms with van der Waals surface area (Å²) in [4.78, 5) is 0. The molecule has 1 atom stereocenters. The molecule has 0 fully saturated rings. The monoisotopic (exact) mass is 158 g/mol. The van der Waals surface area contributed by atoms with Gasteiger partial charge in [-0.2, -0.15) is 0 Å². The Morgan fingerprint density at radius 1 is 1.60 bits per heavy atom. The summed E-state index contributed by atoms with van der Waals surface area (Å²) in [6.45, 7) is 2.06. The fourth-order valence-electron chi connectivity index (χ4n) is 1.00. The Morgan fingerprint density at radius 3 is 2.70 bits per heavy atom. The zero-order valence-corrected chi connectivity index (χ0v) is 6.65. The van der Waals surface area contributed by atoms with Gasteiger partial charge in [0, 0.05) is 5.03 Å². The molecule has 3 heteroatoms. The van der Waals surface area contributed by atoms with Crippen LogP contribution in [0.2, 0.25) is 0 Å². The first-order valence-electron chi connectivity index (χ1n) is 3.23. The van der Waals surface area contributed by atoms with Crippen LogP contribution in [0.5, 0.6) is 0 Å². The van der Waals surface area contributed by atoms with Crippen molar-refractivity contribution in [1.29, 1.82) is 0 Å². The van der Waals surface area contributed by atoms with E-state index in [1.54, 1.807) is 0 Å². The molecule has 1 rings (SSSR count). The van der Waals surface area contributed by atoms with Crippen molar-refractivity contribution in [3.8, 4) is 0 Å². The lowest BCUT2D eigenvalue weighted by molar-refractivity contribution is 0.709. The molecule has 4 N–H and O–H groups in total. The van der Waals surface area contributed by atoms with Crippen LogP contribution in [-0.4, -0.2) is 0 Å². The molecule has 0 aliphatic heterocycles. The number of nitrogens with two attached hydrogens (primary N) is 2. The third kappa shape index (κ3) is 1.27. The van der Waals surface area contributed by atoms with Gasteiger partial charge in [-0.05, 0) is 12.3 Å². The van der Waals surface area contributed by atoms with E-state index < -0.39 is 0 Å². The SMILES string of the molecule is CC1C=C(N)C(N)=C(Cl)C1. The molecular weight excluding hydrogens is 148 g/mol. The molecule has 56 valence electrons. The minimum Gasteiger partial charge on any atom is -0.397 e. The second kappa shape index (κ2) is 2.54. The molecule has 2 nitrogen and oxygen atoms in total. The molecule has 10 heavy (non-hydrogen) atoms. The Labute approximate surface area is 65.5 Å². The molecule has 0 heterocycles. The van der Waals surface area contributed by atoms with Gasteiger partial charge in [0.15, 0.2) is 0 Å². The van der Waals surface area contributed by atoms with Gasteiger partial charge in [-0.3, -0.25) is 0 Å². The summed E-state index contributed by atoms with van der Waals surface area (Å²) in [5.41, 5.74) is 12.2. The van der Waals surface area contributed by atoms with Crippen molar-refractivity contribution in [2.75, 3.05) is 0 Å². The highest BCUT2D eigenvalue weighted by molar-refractivity contribution is 6.30. The van der Waals surface area contributed by atoms with Crippen molar-refractivity contribution >= 4 is 11.6 Å². The second-order valence-electron chi connectivity index (χ2n) is 2.62. The van der Waals surface area contributed by atoms with Gasteiger partial charge < -0.3 is 11.5 Å². The first-order chi connectivity index (χ1) is 4.61. The van der Waals surface area contributed by atoms with E-state index in [2.05, 4.69) is 6.92 Å². The third-order valence-corrected chi connectivity index (χ3v) is 1.93. The smallest absolute Gasteiger partial charge is 0.0692 e. The highest BCUT2D eigenvalue weighted by Gasteiger charge is 2.13. The average Bonchev–Trinajstić information content (AvgIpc) is 1.82. The van der Waals surface area contributed by atoms with Gasteiger partial charge in [-0.15, -0.1) is 0 Å². The number of halogens is 1. The van der Waals surface area contributed by atoms with Crippen molar-refractivity contribution in [3.05, 3.63) is 22.5 Å². The first kappa shape index (κ1) is 7.48. The van der Waals surface area contributed by atoms with Gasteiger partial charge in [0.05, 0.1) is 11.4 Å². The standard InChI is InChI=1S/C7H11ClN2/c1-4-2-5(8)7(10)6(9)3-4/h3-4H,2,9-10H2,1H3. The van der Waals surface area contributed by atoms with Crippen LogP contribution in [-0.2, 0) is 0 Å². The van der Waals surface area contributed by atoms with Crippen molar-refractivity contribution in [2.24, 2.45) is 17.4 Å². The van der Waals surface area contributed by atoms with E-state index in [4.69, 9.17) is 23.1 Å². The number of hydrogen-bond acceptors (Lipinski definition) is 2. The van der Waals surface area contributed by atoms with Crippen LogP contribution in [0.25, 0.3) is 0 Å². The summed E-state index contributed by atoms with van der Waals surface area (Å²) < 4.78 is 0. The lowest BCUT2D eigenvalue weighted by Crippen LogP contribution is -2.16. The van der Waals surface area contributed by atoms with Crippen LogP contribution in [0.1, 0.15) is 13.3 Å². The molecule has 0 radical (unpaired) electrons. The summed E-state index contributed by atoms with van der Waals surface area (Å²) in [6.07, 6.45) is 2.75. The van der Waals surface area contributed by atoms with Crippen LogP contribution in [0.15, 0.2) is 22.5 Å². The first-order valence-corrected chi connectivity index (χ1v) is 3.61. The number of hydrogen-bond donors (Lipinski definition) is 2. The minimum atomic E-state index is 0.416. The van der Waals surface area contributed by atoms with Crippen molar-refractivity contribution in [3.63, 3.8) is 0 Å². The maximum Gasteiger partial charge on any atom is 0.0692 e. The molecule has 0 amide bonds. The molecule has 1 aliphatic rings. The van der Waals surface area contributed by atoms with E-state index in [9.17, 15) is 0 Å². The van der Waals surface area contributed by atoms with Crippen molar-refractivity contribution in [1.82, 2.24) is 0 Å². The minimum absolute atomic E-state index is 0.416. The van der Waals surface area contributed by atoms with Gasteiger partial charge in [0.25, 0.3) is 0 Å². The predicted octanol–water partition coefficient (Wildman–Crippen LogP) is 1.28. The third-order valence-electron chi connectivity index (χ3n) is 1.57. The number of allylic oxidation sites excluding steroid dienone is 2. The van der Waals surface area contributed by atoms with Crippen molar-refractivity contribution < 1.29 is 0 Å². The van der Waals surface area contributed by atoms with Gasteiger partial charge in [0.2, 0.25) is 0 Å². The molecule has 0 saturated heterocycles. The molecule has 0 aromatic carbocycles. The Hall–Kier alpha value is -0.630. The molecule has 1 aliphatic carbocycles. The fraction of sp³-hybridized carbons (Fsp3) is 0.429. The Balaban J connectivity index is 2.90. The average molecular weight is 159 g/mol. The Morgan fingerprint density at radius 2 is 2.20 bits per heavy atom. The molecule has 0 spiro atoms. The van der Waals surface area contributed by atoms with E-state index in [1.165, 1.54) is 0 Å². The topological polar surface area (TPSA) is 52.0 Å². The molecule has 0 bridgehead atoms. The summed E-state index contributed by atoms with van der Waals surface area (Å²) in [5.74, 6) is 0.416. The maximum atomic E-state index is 5.79. The van der Waals surface area contributed by atoms with Crippen LogP contribution in [0, 0.1) is 5.92 Å². The summed E-state index contributed by atoms with van der Waals surface area (Å²) in [5, 5.41) is 0.688. The molecule has 1 unspecified atom stereocenters. The van der Waals surface area contributed by atoms with Gasteiger partial charge in [-0.1, -0.05) is 24.6 Å². The van der Waals surface area contributed by atoms with Crippen molar-refractivity contribution in [2.45, 2.75) is 13.3 Å². The Bertz CT molecular complexity index is 206. The van der Waals surface area contributed by atoms with E-state index >= 15 is 0 Å². The summed E-state index contributed by atoms with van der Waals surface area (Å²) >= 11 is 5.79. The predicted molar refractivity (Wildman–Crippen MR) is 43.1 cm³/mol. The maximum absolute atomic E-state index is 5.79. The normalized spacial score (nSPS) is 26.6. The van der Waals surface area contributed by atoms with E-state index in [1.807, 2.05) is 6.08 Å². The fourth-order valence-corrected chi connectivity index (χ4v) is 1.36. The van der Waals surface area contributed by atoms with Gasteiger partial charge in [-0.25, -0.2) is 0 Å². The zero-order valence-electron chi connectivity index (χ0n) is 5.89. The van der Waals surface area contributed by atoms with Crippen LogP contribution >= 0.6 is 11.6 Å². The largest absolute Gasteiger partial charge is 0.397 e. The lowest BCUT2D eigenvalue weighted by atomic mass is 10.00. The van der Waals surface area contributed by atoms with E-state index in [0.717, 1.165) is 6.42 Å². The summed E-state index contributed by atoms with van der Waals surface area (Å²) in [6, 6.07) is 0. The number of rotatable bonds is 0. The van der Waals surface area contributed by atoms with E-state index in [-0.39, 0.29) is 0 Å². The summed E-state index contributed by atoms with van der Waals surface area (Å²) in [7, 11) is 0. The highest BCUT2D eigenvalue weighted by Crippen LogP contribution is 2.25. The molecular formula is C7H11ClN2. The molecule has 0 aromatic rings. The quantitative estimate of drug-likeness (QED) is 0.558. The molecule has 0 saturated carbocycles. The van der Waals surface area contributed by atoms with E-state index in [0.29, 0.717) is 22.3 Å². The highest BCUT2D eigenvalue weighted by atomic mass is 35.5. The van der Waals surface area contributed by atoms with Crippen LogP contribution < -0.4 is 11.5 Å². The van der Waals surface area contributed by atoms with Gasteiger partial charge in [0.1, 0.15) is 0 Å². The zero-order chi connectivity index (χ0) is 7.72. The van der Waals surface area contributed by atoms with Gasteiger partial charge >= 0.3 is 0 Å². The molecule has 0 aromatic heterocycles. The van der Waals surface area contributed by atoms with Crippen LogP contribution in [0.3, 0.4) is 0 Å². The lowest BCUT2D eigenvalue weighted by Gasteiger charge is -2.16. The second-order valence-corrected chi connectivity index (χ2v) is 3.08. The van der Waals surface area contributed by atoms with Crippen LogP contribution in [0.4, 0.5) is 0 Å². The Kier molecular flexibility index (Phi) is 1.90.